The van der Waals surface area contributed by atoms with Crippen molar-refractivity contribution < 1.29 is 4.79 Å². The molecular weight excluding hydrogens is 316 g/mol. The Hall–Kier alpha value is -1.68. The van der Waals surface area contributed by atoms with Crippen LogP contribution in [0.25, 0.3) is 0 Å². The number of halogens is 1. The molecule has 0 aliphatic rings. The van der Waals surface area contributed by atoms with E-state index in [1.165, 1.54) is 0 Å². The van der Waals surface area contributed by atoms with Crippen LogP contribution < -0.4 is 5.32 Å². The third kappa shape index (κ3) is 3.45. The fourth-order valence-corrected chi connectivity index (χ4v) is 2.33. The number of carbonyl (C=O) groups excluding carboxylic acids is 1. The summed E-state index contributed by atoms with van der Waals surface area (Å²) in [7, 11) is 0. The first-order chi connectivity index (χ1) is 9.61. The molecule has 0 radical (unpaired) electrons. The SMILES string of the molecule is CCC(C)c1ccccc1NC(=O)c1cccc(Br)n1. The standard InChI is InChI=1S/C16H17BrN2O/c1-3-11(2)12-7-4-5-8-13(12)19-16(20)14-9-6-10-15(17)18-14/h4-11H,3H2,1-2H3,(H,19,20). The van der Waals surface area contributed by atoms with E-state index in [2.05, 4.69) is 46.1 Å². The molecule has 104 valence electrons. The van der Waals surface area contributed by atoms with E-state index in [-0.39, 0.29) is 5.91 Å². The molecule has 2 rings (SSSR count). The zero-order chi connectivity index (χ0) is 14.5. The number of nitrogens with zero attached hydrogens (tertiary/aromatic N) is 1. The molecule has 1 aromatic carbocycles. The lowest BCUT2D eigenvalue weighted by molar-refractivity contribution is 0.102. The quantitative estimate of drug-likeness (QED) is 0.830. The average molecular weight is 333 g/mol. The molecule has 1 atom stereocenters. The molecular formula is C16H17BrN2O. The van der Waals surface area contributed by atoms with Gasteiger partial charge in [0.2, 0.25) is 0 Å². The van der Waals surface area contributed by atoms with E-state index in [4.69, 9.17) is 0 Å². The van der Waals surface area contributed by atoms with Crippen LogP contribution in [-0.4, -0.2) is 10.9 Å². The Morgan fingerprint density at radius 1 is 1.25 bits per heavy atom. The van der Waals surface area contributed by atoms with Crippen molar-refractivity contribution in [1.82, 2.24) is 4.98 Å². The van der Waals surface area contributed by atoms with Crippen molar-refractivity contribution in [3.63, 3.8) is 0 Å². The maximum atomic E-state index is 12.2. The topological polar surface area (TPSA) is 42.0 Å². The van der Waals surface area contributed by atoms with Gasteiger partial charge < -0.3 is 5.32 Å². The number of benzene rings is 1. The fourth-order valence-electron chi connectivity index (χ4n) is 1.98. The van der Waals surface area contributed by atoms with Gasteiger partial charge in [-0.25, -0.2) is 4.98 Å². The van der Waals surface area contributed by atoms with Crippen LogP contribution in [0.4, 0.5) is 5.69 Å². The van der Waals surface area contributed by atoms with Gasteiger partial charge in [0.1, 0.15) is 10.3 Å². The highest BCUT2D eigenvalue weighted by Crippen LogP contribution is 2.26. The maximum Gasteiger partial charge on any atom is 0.274 e. The Labute approximate surface area is 127 Å². The molecule has 0 aliphatic heterocycles. The molecule has 1 aromatic heterocycles. The molecule has 0 saturated carbocycles. The zero-order valence-electron chi connectivity index (χ0n) is 11.6. The van der Waals surface area contributed by atoms with Crippen LogP contribution in [0.2, 0.25) is 0 Å². The number of pyridine rings is 1. The molecule has 2 aromatic rings. The number of rotatable bonds is 4. The number of carbonyl (C=O) groups is 1. The first-order valence-corrected chi connectivity index (χ1v) is 7.44. The highest BCUT2D eigenvalue weighted by molar-refractivity contribution is 9.10. The van der Waals surface area contributed by atoms with Gasteiger partial charge in [-0.3, -0.25) is 4.79 Å². The number of amides is 1. The second-order valence-electron chi connectivity index (χ2n) is 4.70. The molecule has 0 fully saturated rings. The van der Waals surface area contributed by atoms with Gasteiger partial charge in [0.05, 0.1) is 0 Å². The molecule has 20 heavy (non-hydrogen) atoms. The molecule has 1 N–H and O–H groups in total. The molecule has 3 nitrogen and oxygen atoms in total. The van der Waals surface area contributed by atoms with Gasteiger partial charge in [-0.15, -0.1) is 0 Å². The summed E-state index contributed by atoms with van der Waals surface area (Å²) in [6.45, 7) is 4.29. The van der Waals surface area contributed by atoms with Crippen LogP contribution in [0.5, 0.6) is 0 Å². The molecule has 1 amide bonds. The summed E-state index contributed by atoms with van der Waals surface area (Å²) in [4.78, 5) is 16.4. The number of hydrogen-bond acceptors (Lipinski definition) is 2. The lowest BCUT2D eigenvalue weighted by Crippen LogP contribution is -2.15. The largest absolute Gasteiger partial charge is 0.320 e. The highest BCUT2D eigenvalue weighted by atomic mass is 79.9. The third-order valence-corrected chi connectivity index (χ3v) is 3.74. The molecule has 0 bridgehead atoms. The van der Waals surface area contributed by atoms with Crippen LogP contribution in [0.15, 0.2) is 47.1 Å². The fraction of sp³-hybridized carbons (Fsp3) is 0.250. The van der Waals surface area contributed by atoms with Crippen molar-refractivity contribution in [1.29, 1.82) is 0 Å². The summed E-state index contributed by atoms with van der Waals surface area (Å²) in [5.41, 5.74) is 2.41. The van der Waals surface area contributed by atoms with Crippen molar-refractivity contribution in [3.8, 4) is 0 Å². The molecule has 1 unspecified atom stereocenters. The van der Waals surface area contributed by atoms with Crippen molar-refractivity contribution >= 4 is 27.5 Å². The predicted molar refractivity (Wildman–Crippen MR) is 85.0 cm³/mol. The number of anilines is 1. The molecule has 0 saturated heterocycles. The van der Waals surface area contributed by atoms with E-state index < -0.39 is 0 Å². The van der Waals surface area contributed by atoms with E-state index >= 15 is 0 Å². The molecule has 1 heterocycles. The van der Waals surface area contributed by atoms with Gasteiger partial charge in [-0.2, -0.15) is 0 Å². The van der Waals surface area contributed by atoms with E-state index in [0.717, 1.165) is 17.7 Å². The monoisotopic (exact) mass is 332 g/mol. The summed E-state index contributed by atoms with van der Waals surface area (Å²) in [5, 5.41) is 2.95. The molecule has 4 heteroatoms. The number of hydrogen-bond donors (Lipinski definition) is 1. The summed E-state index contributed by atoms with van der Waals surface area (Å²) in [5.74, 6) is 0.212. The normalized spacial score (nSPS) is 11.9. The minimum Gasteiger partial charge on any atom is -0.320 e. The minimum absolute atomic E-state index is 0.193. The maximum absolute atomic E-state index is 12.2. The van der Waals surface area contributed by atoms with E-state index in [1.54, 1.807) is 18.2 Å². The van der Waals surface area contributed by atoms with E-state index in [1.807, 2.05) is 18.2 Å². The Morgan fingerprint density at radius 2 is 2.00 bits per heavy atom. The van der Waals surface area contributed by atoms with Crippen LogP contribution >= 0.6 is 15.9 Å². The lowest BCUT2D eigenvalue weighted by atomic mass is 9.97. The Kier molecular flexibility index (Phi) is 4.90. The van der Waals surface area contributed by atoms with Gasteiger partial charge in [0.25, 0.3) is 5.91 Å². The smallest absolute Gasteiger partial charge is 0.274 e. The summed E-state index contributed by atoms with van der Waals surface area (Å²) < 4.78 is 0.653. The zero-order valence-corrected chi connectivity index (χ0v) is 13.1. The first-order valence-electron chi connectivity index (χ1n) is 6.64. The highest BCUT2D eigenvalue weighted by Gasteiger charge is 2.13. The predicted octanol–water partition coefficient (Wildman–Crippen LogP) is 4.61. The number of nitrogens with one attached hydrogen (secondary N) is 1. The van der Waals surface area contributed by atoms with Gasteiger partial charge in [-0.1, -0.05) is 38.1 Å². The van der Waals surface area contributed by atoms with Gasteiger partial charge in [-0.05, 0) is 52.0 Å². The second-order valence-corrected chi connectivity index (χ2v) is 5.51. The van der Waals surface area contributed by atoms with Crippen LogP contribution in [0.1, 0.15) is 42.2 Å². The molecule has 0 aliphatic carbocycles. The second kappa shape index (κ2) is 6.66. The van der Waals surface area contributed by atoms with E-state index in [0.29, 0.717) is 16.2 Å². The number of aromatic nitrogens is 1. The first kappa shape index (κ1) is 14.7. The Morgan fingerprint density at radius 3 is 2.70 bits per heavy atom. The average Bonchev–Trinajstić information content (AvgIpc) is 2.47. The van der Waals surface area contributed by atoms with Crippen molar-refractivity contribution in [2.24, 2.45) is 0 Å². The third-order valence-electron chi connectivity index (χ3n) is 3.30. The summed E-state index contributed by atoms with van der Waals surface area (Å²) in [6, 6.07) is 13.2. The summed E-state index contributed by atoms with van der Waals surface area (Å²) >= 11 is 3.27. The van der Waals surface area contributed by atoms with E-state index in [9.17, 15) is 4.79 Å². The van der Waals surface area contributed by atoms with Crippen LogP contribution in [0, 0.1) is 0 Å². The lowest BCUT2D eigenvalue weighted by Gasteiger charge is -2.15. The van der Waals surface area contributed by atoms with Gasteiger partial charge in [0.15, 0.2) is 0 Å². The Balaban J connectivity index is 2.24. The number of para-hydroxylation sites is 1. The van der Waals surface area contributed by atoms with Crippen molar-refractivity contribution in [3.05, 3.63) is 58.3 Å². The minimum atomic E-state index is -0.193. The molecule has 0 spiro atoms. The van der Waals surface area contributed by atoms with Gasteiger partial charge >= 0.3 is 0 Å². The van der Waals surface area contributed by atoms with Crippen LogP contribution in [-0.2, 0) is 0 Å². The van der Waals surface area contributed by atoms with Crippen LogP contribution in [0.3, 0.4) is 0 Å². The van der Waals surface area contributed by atoms with Gasteiger partial charge in [0, 0.05) is 5.69 Å². The van der Waals surface area contributed by atoms with Crippen molar-refractivity contribution in [2.45, 2.75) is 26.2 Å². The Bertz CT molecular complexity index is 613. The van der Waals surface area contributed by atoms with Crippen molar-refractivity contribution in [2.75, 3.05) is 5.32 Å². The summed E-state index contributed by atoms with van der Waals surface area (Å²) in [6.07, 6.45) is 1.03.